The van der Waals surface area contributed by atoms with E-state index < -0.39 is 5.60 Å². The molecule has 0 aliphatic heterocycles. The zero-order valence-corrected chi connectivity index (χ0v) is 16.8. The lowest BCUT2D eigenvalue weighted by Crippen LogP contribution is -2.41. The fraction of sp³-hybridized carbons (Fsp3) is 0.500. The number of rotatable bonds is 9. The van der Waals surface area contributed by atoms with Crippen LogP contribution in [0.3, 0.4) is 0 Å². The second-order valence-electron chi connectivity index (χ2n) is 7.02. The van der Waals surface area contributed by atoms with Crippen molar-refractivity contribution in [2.24, 2.45) is 12.0 Å². The van der Waals surface area contributed by atoms with Gasteiger partial charge in [0.1, 0.15) is 5.60 Å². The van der Waals surface area contributed by atoms with Gasteiger partial charge in [-0.15, -0.1) is 0 Å². The Morgan fingerprint density at radius 3 is 2.67 bits per heavy atom. The Bertz CT molecular complexity index is 710. The average Bonchev–Trinajstić information content (AvgIpc) is 3.08. The maximum Gasteiger partial charge on any atom is 0.191 e. The first-order valence-electron chi connectivity index (χ1n) is 9.37. The molecular formula is C20H32N6O. The predicted molar refractivity (Wildman–Crippen MR) is 110 cm³/mol. The van der Waals surface area contributed by atoms with Crippen molar-refractivity contribution in [3.8, 4) is 0 Å². The molecule has 0 spiro atoms. The molecule has 0 aliphatic rings. The molecule has 3 N–H and O–H groups in total. The maximum atomic E-state index is 10.7. The van der Waals surface area contributed by atoms with E-state index in [4.69, 9.17) is 0 Å². The molecule has 0 amide bonds. The molecule has 1 heterocycles. The summed E-state index contributed by atoms with van der Waals surface area (Å²) in [7, 11) is 3.94. The third-order valence-corrected chi connectivity index (χ3v) is 4.30. The van der Waals surface area contributed by atoms with Crippen LogP contribution in [0.4, 0.5) is 0 Å². The zero-order valence-electron chi connectivity index (χ0n) is 16.8. The van der Waals surface area contributed by atoms with Crippen molar-refractivity contribution in [2.45, 2.75) is 26.0 Å². The molecular weight excluding hydrogens is 340 g/mol. The molecule has 148 valence electrons. The van der Waals surface area contributed by atoms with Crippen LogP contribution in [0.15, 0.2) is 47.7 Å². The zero-order chi connectivity index (χ0) is 19.7. The molecule has 27 heavy (non-hydrogen) atoms. The SMILES string of the molecule is CCNC(=NCC(C)(O)c1cnn(C)c1)NCCN(C)Cc1ccccc1. The highest BCUT2D eigenvalue weighted by atomic mass is 16.3. The highest BCUT2D eigenvalue weighted by Crippen LogP contribution is 2.19. The van der Waals surface area contributed by atoms with Gasteiger partial charge in [-0.1, -0.05) is 30.3 Å². The summed E-state index contributed by atoms with van der Waals surface area (Å²) in [6.45, 7) is 7.37. The minimum absolute atomic E-state index is 0.258. The van der Waals surface area contributed by atoms with E-state index in [0.29, 0.717) is 5.96 Å². The van der Waals surface area contributed by atoms with Crippen molar-refractivity contribution in [3.05, 3.63) is 53.9 Å². The van der Waals surface area contributed by atoms with Crippen LogP contribution in [0.1, 0.15) is 25.0 Å². The third-order valence-electron chi connectivity index (χ3n) is 4.30. The van der Waals surface area contributed by atoms with Crippen LogP contribution in [-0.4, -0.2) is 59.0 Å². The molecule has 7 heteroatoms. The van der Waals surface area contributed by atoms with E-state index in [1.54, 1.807) is 17.8 Å². The summed E-state index contributed by atoms with van der Waals surface area (Å²) in [6, 6.07) is 10.4. The molecule has 1 atom stereocenters. The Kier molecular flexibility index (Phi) is 7.82. The Morgan fingerprint density at radius 1 is 1.30 bits per heavy atom. The van der Waals surface area contributed by atoms with Gasteiger partial charge in [-0.3, -0.25) is 4.68 Å². The quantitative estimate of drug-likeness (QED) is 0.457. The summed E-state index contributed by atoms with van der Waals surface area (Å²) in [5.74, 6) is 0.703. The number of nitrogens with one attached hydrogen (secondary N) is 2. The summed E-state index contributed by atoms with van der Waals surface area (Å²) < 4.78 is 1.68. The van der Waals surface area contributed by atoms with E-state index in [1.807, 2.05) is 26.2 Å². The van der Waals surface area contributed by atoms with Gasteiger partial charge in [0.05, 0.1) is 12.7 Å². The molecule has 0 radical (unpaired) electrons. The van der Waals surface area contributed by atoms with E-state index >= 15 is 0 Å². The van der Waals surface area contributed by atoms with Gasteiger partial charge < -0.3 is 20.6 Å². The summed E-state index contributed by atoms with van der Waals surface area (Å²) in [5, 5.41) is 21.3. The van der Waals surface area contributed by atoms with E-state index in [-0.39, 0.29) is 6.54 Å². The molecule has 7 nitrogen and oxygen atoms in total. The first-order chi connectivity index (χ1) is 12.9. The number of hydrogen-bond acceptors (Lipinski definition) is 4. The van der Waals surface area contributed by atoms with Crippen LogP contribution in [0.25, 0.3) is 0 Å². The number of hydrogen-bond donors (Lipinski definition) is 3. The van der Waals surface area contributed by atoms with E-state index in [1.165, 1.54) is 5.56 Å². The van der Waals surface area contributed by atoms with Crippen molar-refractivity contribution >= 4 is 5.96 Å². The average molecular weight is 373 g/mol. The highest BCUT2D eigenvalue weighted by molar-refractivity contribution is 5.79. The molecule has 1 aromatic carbocycles. The first-order valence-corrected chi connectivity index (χ1v) is 9.37. The van der Waals surface area contributed by atoms with Crippen molar-refractivity contribution in [2.75, 3.05) is 33.2 Å². The molecule has 1 unspecified atom stereocenters. The van der Waals surface area contributed by atoms with Crippen molar-refractivity contribution in [3.63, 3.8) is 0 Å². The number of aliphatic imine (C=N–C) groups is 1. The number of likely N-dealkylation sites (N-methyl/N-ethyl adjacent to an activating group) is 1. The Morgan fingerprint density at radius 2 is 2.04 bits per heavy atom. The summed E-state index contributed by atoms with van der Waals surface area (Å²) in [4.78, 5) is 6.80. The number of guanidine groups is 1. The van der Waals surface area contributed by atoms with Crippen LogP contribution >= 0.6 is 0 Å². The van der Waals surface area contributed by atoms with Crippen molar-refractivity contribution in [1.82, 2.24) is 25.3 Å². The van der Waals surface area contributed by atoms with E-state index in [2.05, 4.69) is 56.9 Å². The molecule has 2 aromatic rings. The highest BCUT2D eigenvalue weighted by Gasteiger charge is 2.24. The van der Waals surface area contributed by atoms with Gasteiger partial charge in [0.15, 0.2) is 5.96 Å². The summed E-state index contributed by atoms with van der Waals surface area (Å²) >= 11 is 0. The van der Waals surface area contributed by atoms with Crippen molar-refractivity contribution < 1.29 is 5.11 Å². The van der Waals surface area contributed by atoms with Gasteiger partial charge in [-0.25, -0.2) is 4.99 Å². The van der Waals surface area contributed by atoms with Gasteiger partial charge >= 0.3 is 0 Å². The number of aryl methyl sites for hydroxylation is 1. The smallest absolute Gasteiger partial charge is 0.191 e. The summed E-state index contributed by atoms with van der Waals surface area (Å²) in [5.41, 5.74) is 1.00. The molecule has 2 rings (SSSR count). The maximum absolute atomic E-state index is 10.7. The Hall–Kier alpha value is -2.38. The third kappa shape index (κ3) is 7.03. The van der Waals surface area contributed by atoms with Crippen LogP contribution in [-0.2, 0) is 19.2 Å². The molecule has 0 saturated carbocycles. The van der Waals surface area contributed by atoms with E-state index in [0.717, 1.165) is 31.7 Å². The van der Waals surface area contributed by atoms with Gasteiger partial charge in [0.25, 0.3) is 0 Å². The fourth-order valence-corrected chi connectivity index (χ4v) is 2.70. The monoisotopic (exact) mass is 372 g/mol. The van der Waals surface area contributed by atoms with Crippen LogP contribution in [0.5, 0.6) is 0 Å². The molecule has 0 saturated heterocycles. The first kappa shape index (κ1) is 20.9. The normalized spacial score (nSPS) is 14.2. The predicted octanol–water partition coefficient (Wildman–Crippen LogP) is 1.31. The fourth-order valence-electron chi connectivity index (χ4n) is 2.70. The van der Waals surface area contributed by atoms with Crippen LogP contribution in [0, 0.1) is 0 Å². The second kappa shape index (κ2) is 10.1. The number of nitrogens with zero attached hydrogens (tertiary/aromatic N) is 4. The lowest BCUT2D eigenvalue weighted by atomic mass is 10.0. The summed E-state index contributed by atoms with van der Waals surface area (Å²) in [6.07, 6.45) is 3.49. The van der Waals surface area contributed by atoms with Gasteiger partial charge in [0.2, 0.25) is 0 Å². The Balaban J connectivity index is 1.84. The van der Waals surface area contributed by atoms with Gasteiger partial charge in [-0.2, -0.15) is 5.10 Å². The van der Waals surface area contributed by atoms with Gasteiger partial charge in [0, 0.05) is 45.0 Å². The van der Waals surface area contributed by atoms with Crippen LogP contribution in [0.2, 0.25) is 0 Å². The van der Waals surface area contributed by atoms with Crippen molar-refractivity contribution in [1.29, 1.82) is 0 Å². The molecule has 0 fully saturated rings. The van der Waals surface area contributed by atoms with E-state index in [9.17, 15) is 5.11 Å². The minimum atomic E-state index is -1.05. The van der Waals surface area contributed by atoms with Gasteiger partial charge in [-0.05, 0) is 26.5 Å². The number of benzene rings is 1. The van der Waals surface area contributed by atoms with Crippen LogP contribution < -0.4 is 10.6 Å². The lowest BCUT2D eigenvalue weighted by Gasteiger charge is -2.21. The largest absolute Gasteiger partial charge is 0.383 e. The topological polar surface area (TPSA) is 77.7 Å². The molecule has 0 bridgehead atoms. The molecule has 0 aliphatic carbocycles. The number of aliphatic hydroxyl groups is 1. The molecule has 1 aromatic heterocycles. The lowest BCUT2D eigenvalue weighted by molar-refractivity contribution is 0.0672. The number of aromatic nitrogens is 2. The Labute approximate surface area is 162 Å². The minimum Gasteiger partial charge on any atom is -0.383 e. The standard InChI is InChI=1S/C20H32N6O/c1-5-21-19(23-16-20(2,27)18-13-24-26(4)15-18)22-11-12-25(3)14-17-9-7-6-8-10-17/h6-10,13,15,27H,5,11-12,14,16H2,1-4H3,(H2,21,22,23). The second-order valence-corrected chi connectivity index (χ2v) is 7.02.